The summed E-state index contributed by atoms with van der Waals surface area (Å²) in [6.45, 7) is 1.98. The fraction of sp³-hybridized carbons (Fsp3) is 0.231. The number of nitro groups is 1. The SMILES string of the molecule is CCCc1c(Cl)ncnc1Oc1ccc(Br)cc1[N+](=O)[O-]. The molecule has 8 heteroatoms. The molecule has 0 saturated heterocycles. The predicted octanol–water partition coefficient (Wildman–Crippen LogP) is 4.55. The minimum Gasteiger partial charge on any atom is -0.431 e. The molecule has 1 aromatic heterocycles. The number of nitro benzene ring substituents is 1. The lowest BCUT2D eigenvalue weighted by Gasteiger charge is -2.10. The second kappa shape index (κ2) is 6.82. The summed E-state index contributed by atoms with van der Waals surface area (Å²) in [7, 11) is 0. The molecule has 0 aliphatic heterocycles. The highest BCUT2D eigenvalue weighted by atomic mass is 79.9. The third kappa shape index (κ3) is 3.68. The van der Waals surface area contributed by atoms with Gasteiger partial charge in [0.15, 0.2) is 0 Å². The monoisotopic (exact) mass is 371 g/mol. The number of rotatable bonds is 5. The van der Waals surface area contributed by atoms with Crippen molar-refractivity contribution in [2.75, 3.05) is 0 Å². The quantitative estimate of drug-likeness (QED) is 0.437. The van der Waals surface area contributed by atoms with Crippen LogP contribution in [0.4, 0.5) is 5.69 Å². The van der Waals surface area contributed by atoms with Crippen molar-refractivity contribution in [2.24, 2.45) is 0 Å². The molecule has 0 spiro atoms. The first kappa shape index (κ1) is 15.7. The van der Waals surface area contributed by atoms with Crippen molar-refractivity contribution in [2.45, 2.75) is 19.8 Å². The Morgan fingerprint density at radius 3 is 2.86 bits per heavy atom. The molecule has 0 atom stereocenters. The number of aromatic nitrogens is 2. The molecule has 1 heterocycles. The van der Waals surface area contributed by atoms with E-state index in [1.54, 1.807) is 6.07 Å². The maximum atomic E-state index is 11.1. The van der Waals surface area contributed by atoms with Crippen LogP contribution >= 0.6 is 27.5 Å². The first-order chi connectivity index (χ1) is 10.0. The normalized spacial score (nSPS) is 10.4. The van der Waals surface area contributed by atoms with E-state index in [1.807, 2.05) is 6.92 Å². The van der Waals surface area contributed by atoms with Gasteiger partial charge in [0, 0.05) is 10.5 Å². The van der Waals surface area contributed by atoms with Crippen LogP contribution in [0.1, 0.15) is 18.9 Å². The van der Waals surface area contributed by atoms with Crippen LogP contribution in [-0.2, 0) is 6.42 Å². The van der Waals surface area contributed by atoms with Crippen molar-refractivity contribution >= 4 is 33.2 Å². The molecule has 110 valence electrons. The van der Waals surface area contributed by atoms with Crippen LogP contribution in [0, 0.1) is 10.1 Å². The van der Waals surface area contributed by atoms with E-state index in [9.17, 15) is 10.1 Å². The van der Waals surface area contributed by atoms with Crippen LogP contribution in [0.25, 0.3) is 0 Å². The molecule has 0 aliphatic carbocycles. The fourth-order valence-corrected chi connectivity index (χ4v) is 2.32. The molecule has 2 aromatic rings. The minimum absolute atomic E-state index is 0.107. The van der Waals surface area contributed by atoms with Crippen molar-refractivity contribution in [3.63, 3.8) is 0 Å². The number of halogens is 2. The van der Waals surface area contributed by atoms with Gasteiger partial charge in [-0.1, -0.05) is 40.9 Å². The molecule has 0 bridgehead atoms. The summed E-state index contributed by atoms with van der Waals surface area (Å²) in [5, 5.41) is 11.4. The summed E-state index contributed by atoms with van der Waals surface area (Å²) in [5.74, 6) is 0.345. The van der Waals surface area contributed by atoms with E-state index in [2.05, 4.69) is 25.9 Å². The van der Waals surface area contributed by atoms with E-state index < -0.39 is 4.92 Å². The summed E-state index contributed by atoms with van der Waals surface area (Å²) in [6, 6.07) is 4.54. The predicted molar refractivity (Wildman–Crippen MR) is 81.9 cm³/mol. The standard InChI is InChI=1S/C13H11BrClN3O3/c1-2-3-9-12(15)16-7-17-13(9)21-11-5-4-8(14)6-10(11)18(19)20/h4-7H,2-3H2,1H3. The summed E-state index contributed by atoms with van der Waals surface area (Å²) < 4.78 is 6.19. The smallest absolute Gasteiger partial charge is 0.312 e. The maximum Gasteiger partial charge on any atom is 0.312 e. The molecular weight excluding hydrogens is 362 g/mol. The number of hydrogen-bond donors (Lipinski definition) is 0. The van der Waals surface area contributed by atoms with Crippen LogP contribution < -0.4 is 4.74 Å². The number of nitrogens with zero attached hydrogens (tertiary/aromatic N) is 3. The highest BCUT2D eigenvalue weighted by Gasteiger charge is 2.19. The summed E-state index contributed by atoms with van der Waals surface area (Å²) in [5.41, 5.74) is 0.487. The highest BCUT2D eigenvalue weighted by molar-refractivity contribution is 9.10. The summed E-state index contributed by atoms with van der Waals surface area (Å²) in [6.07, 6.45) is 2.72. The van der Waals surface area contributed by atoms with E-state index in [1.165, 1.54) is 18.5 Å². The highest BCUT2D eigenvalue weighted by Crippen LogP contribution is 2.35. The van der Waals surface area contributed by atoms with Gasteiger partial charge in [-0.3, -0.25) is 10.1 Å². The Kier molecular flexibility index (Phi) is 5.08. The molecular formula is C13H11BrClN3O3. The van der Waals surface area contributed by atoms with Crippen LogP contribution in [0.3, 0.4) is 0 Å². The van der Waals surface area contributed by atoms with Crippen molar-refractivity contribution in [1.82, 2.24) is 9.97 Å². The average molecular weight is 373 g/mol. The second-order valence-electron chi connectivity index (χ2n) is 4.17. The summed E-state index contributed by atoms with van der Waals surface area (Å²) >= 11 is 9.22. The topological polar surface area (TPSA) is 78.2 Å². The molecule has 0 N–H and O–H groups in total. The first-order valence-electron chi connectivity index (χ1n) is 6.14. The van der Waals surface area contributed by atoms with Crippen LogP contribution in [0.5, 0.6) is 11.6 Å². The molecule has 0 radical (unpaired) electrons. The molecule has 21 heavy (non-hydrogen) atoms. The maximum absolute atomic E-state index is 11.1. The van der Waals surface area contributed by atoms with Crippen LogP contribution in [0.15, 0.2) is 29.0 Å². The van der Waals surface area contributed by atoms with E-state index >= 15 is 0 Å². The van der Waals surface area contributed by atoms with E-state index in [4.69, 9.17) is 16.3 Å². The largest absolute Gasteiger partial charge is 0.431 e. The van der Waals surface area contributed by atoms with Gasteiger partial charge in [0.1, 0.15) is 11.5 Å². The zero-order chi connectivity index (χ0) is 15.4. The van der Waals surface area contributed by atoms with Gasteiger partial charge in [-0.15, -0.1) is 0 Å². The lowest BCUT2D eigenvalue weighted by Crippen LogP contribution is -2.00. The molecule has 2 rings (SSSR count). The minimum atomic E-state index is -0.512. The van der Waals surface area contributed by atoms with Crippen molar-refractivity contribution in [3.05, 3.63) is 49.8 Å². The van der Waals surface area contributed by atoms with Gasteiger partial charge in [0.05, 0.1) is 10.5 Å². The Bertz CT molecular complexity index is 682. The Morgan fingerprint density at radius 1 is 1.43 bits per heavy atom. The van der Waals surface area contributed by atoms with Crippen LogP contribution in [0.2, 0.25) is 5.15 Å². The van der Waals surface area contributed by atoms with Gasteiger partial charge in [0.25, 0.3) is 0 Å². The molecule has 0 amide bonds. The van der Waals surface area contributed by atoms with E-state index in [0.717, 1.165) is 6.42 Å². The lowest BCUT2D eigenvalue weighted by atomic mass is 10.2. The van der Waals surface area contributed by atoms with Gasteiger partial charge in [-0.2, -0.15) is 0 Å². The molecule has 0 aliphatic rings. The first-order valence-corrected chi connectivity index (χ1v) is 7.31. The molecule has 1 aromatic carbocycles. The number of benzene rings is 1. The second-order valence-corrected chi connectivity index (χ2v) is 5.44. The zero-order valence-corrected chi connectivity index (χ0v) is 13.4. The molecule has 0 fully saturated rings. The molecule has 0 unspecified atom stereocenters. The fourth-order valence-electron chi connectivity index (χ4n) is 1.75. The molecule has 6 nitrogen and oxygen atoms in total. The van der Waals surface area contributed by atoms with Gasteiger partial charge < -0.3 is 4.74 Å². The Balaban J connectivity index is 2.43. The third-order valence-electron chi connectivity index (χ3n) is 2.68. The zero-order valence-electron chi connectivity index (χ0n) is 11.0. The van der Waals surface area contributed by atoms with E-state index in [-0.39, 0.29) is 17.3 Å². The Morgan fingerprint density at radius 2 is 2.19 bits per heavy atom. The van der Waals surface area contributed by atoms with Crippen molar-refractivity contribution in [3.8, 4) is 11.6 Å². The molecule has 0 saturated carbocycles. The Labute approximate surface area is 134 Å². The Hall–Kier alpha value is -1.73. The van der Waals surface area contributed by atoms with Gasteiger partial charge in [0.2, 0.25) is 11.6 Å². The van der Waals surface area contributed by atoms with Crippen LogP contribution in [-0.4, -0.2) is 14.9 Å². The average Bonchev–Trinajstić information content (AvgIpc) is 2.44. The summed E-state index contributed by atoms with van der Waals surface area (Å²) in [4.78, 5) is 18.5. The van der Waals surface area contributed by atoms with E-state index in [0.29, 0.717) is 21.6 Å². The third-order valence-corrected chi connectivity index (χ3v) is 3.50. The number of hydrogen-bond acceptors (Lipinski definition) is 5. The number of ether oxygens (including phenoxy) is 1. The lowest BCUT2D eigenvalue weighted by molar-refractivity contribution is -0.385. The van der Waals surface area contributed by atoms with Gasteiger partial charge in [-0.25, -0.2) is 9.97 Å². The van der Waals surface area contributed by atoms with Gasteiger partial charge in [-0.05, 0) is 18.6 Å². The van der Waals surface area contributed by atoms with Crippen molar-refractivity contribution in [1.29, 1.82) is 0 Å². The van der Waals surface area contributed by atoms with Gasteiger partial charge >= 0.3 is 5.69 Å². The van der Waals surface area contributed by atoms with Crippen molar-refractivity contribution < 1.29 is 9.66 Å².